The SMILES string of the molecule is CN1C(=O)[C@H](Cc2cc(COC3CCCCO3)ccc2F)N(OC(=O)OC(C)(C)C)[C@H]1C(C)(C)C. The van der Waals surface area contributed by atoms with Crippen LogP contribution in [0.15, 0.2) is 18.2 Å². The molecule has 0 aliphatic carbocycles. The van der Waals surface area contributed by atoms with Crippen LogP contribution < -0.4 is 0 Å². The molecule has 0 radical (unpaired) electrons. The summed E-state index contributed by atoms with van der Waals surface area (Å²) in [6, 6.07) is 3.84. The van der Waals surface area contributed by atoms with E-state index < -0.39 is 35.2 Å². The molecule has 0 bridgehead atoms. The van der Waals surface area contributed by atoms with Crippen LogP contribution >= 0.6 is 0 Å². The van der Waals surface area contributed by atoms with Crippen LogP contribution in [0.2, 0.25) is 0 Å². The molecule has 2 saturated heterocycles. The zero-order valence-electron chi connectivity index (χ0n) is 21.9. The molecule has 0 aromatic heterocycles. The summed E-state index contributed by atoms with van der Waals surface area (Å²) in [4.78, 5) is 32.9. The van der Waals surface area contributed by atoms with E-state index in [1.807, 2.05) is 20.8 Å². The van der Waals surface area contributed by atoms with E-state index in [1.165, 1.54) is 11.1 Å². The van der Waals surface area contributed by atoms with Gasteiger partial charge < -0.3 is 23.9 Å². The fourth-order valence-electron chi connectivity index (χ4n) is 4.53. The van der Waals surface area contributed by atoms with Crippen molar-refractivity contribution in [2.75, 3.05) is 13.7 Å². The molecule has 1 aromatic carbocycles. The molecule has 1 amide bonds. The van der Waals surface area contributed by atoms with Crippen LogP contribution in [-0.4, -0.2) is 59.8 Å². The molecule has 0 N–H and O–H groups in total. The predicted octanol–water partition coefficient (Wildman–Crippen LogP) is 4.79. The van der Waals surface area contributed by atoms with Gasteiger partial charge in [-0.3, -0.25) is 4.79 Å². The van der Waals surface area contributed by atoms with Crippen molar-refractivity contribution >= 4 is 12.1 Å². The van der Waals surface area contributed by atoms with Crippen molar-refractivity contribution in [3.05, 3.63) is 35.1 Å². The normalized spacial score (nSPS) is 24.1. The molecule has 0 saturated carbocycles. The Labute approximate surface area is 207 Å². The summed E-state index contributed by atoms with van der Waals surface area (Å²) in [7, 11) is 1.66. The minimum absolute atomic E-state index is 0.0259. The fourth-order valence-corrected chi connectivity index (χ4v) is 4.53. The van der Waals surface area contributed by atoms with Gasteiger partial charge in [-0.25, -0.2) is 9.18 Å². The number of benzene rings is 1. The number of nitrogens with zero attached hydrogens (tertiary/aromatic N) is 2. The first-order valence-electron chi connectivity index (χ1n) is 12.2. The molecule has 196 valence electrons. The maximum Gasteiger partial charge on any atom is 0.528 e. The maximum absolute atomic E-state index is 14.8. The highest BCUT2D eigenvalue weighted by molar-refractivity contribution is 5.84. The van der Waals surface area contributed by atoms with Crippen molar-refractivity contribution < 1.29 is 33.0 Å². The van der Waals surface area contributed by atoms with Gasteiger partial charge in [0.1, 0.15) is 23.6 Å². The number of hydrogen-bond donors (Lipinski definition) is 0. The summed E-state index contributed by atoms with van der Waals surface area (Å²) < 4.78 is 31.6. The van der Waals surface area contributed by atoms with E-state index in [0.717, 1.165) is 24.8 Å². The summed E-state index contributed by atoms with van der Waals surface area (Å²) in [6.45, 7) is 12.0. The first-order valence-corrected chi connectivity index (χ1v) is 12.2. The highest BCUT2D eigenvalue weighted by atomic mass is 19.1. The zero-order chi connectivity index (χ0) is 26.0. The summed E-state index contributed by atoms with van der Waals surface area (Å²) in [5.74, 6) is -0.695. The van der Waals surface area contributed by atoms with Crippen molar-refractivity contribution in [3.63, 3.8) is 0 Å². The van der Waals surface area contributed by atoms with E-state index in [1.54, 1.807) is 44.9 Å². The third-order valence-corrected chi connectivity index (χ3v) is 5.99. The van der Waals surface area contributed by atoms with Gasteiger partial charge in [-0.2, -0.15) is 0 Å². The van der Waals surface area contributed by atoms with E-state index in [4.69, 9.17) is 19.0 Å². The van der Waals surface area contributed by atoms with Crippen LogP contribution in [0, 0.1) is 11.2 Å². The third kappa shape index (κ3) is 7.15. The molecule has 9 heteroatoms. The molecule has 0 spiro atoms. The van der Waals surface area contributed by atoms with Crippen molar-refractivity contribution in [1.82, 2.24) is 9.96 Å². The first kappa shape index (κ1) is 27.4. The van der Waals surface area contributed by atoms with Crippen molar-refractivity contribution in [2.24, 2.45) is 5.41 Å². The molecule has 1 aromatic rings. The van der Waals surface area contributed by atoms with Gasteiger partial charge in [-0.1, -0.05) is 32.9 Å². The van der Waals surface area contributed by atoms with E-state index >= 15 is 0 Å². The minimum atomic E-state index is -0.907. The van der Waals surface area contributed by atoms with E-state index in [2.05, 4.69) is 0 Å². The Morgan fingerprint density at radius 1 is 1.17 bits per heavy atom. The lowest BCUT2D eigenvalue weighted by molar-refractivity contribution is -0.200. The number of likely N-dealkylation sites (N-methyl/N-ethyl adjacent to an activating group) is 1. The summed E-state index contributed by atoms with van der Waals surface area (Å²) in [5, 5.41) is 1.36. The van der Waals surface area contributed by atoms with Crippen LogP contribution in [0.5, 0.6) is 0 Å². The molecule has 2 heterocycles. The highest BCUT2D eigenvalue weighted by Gasteiger charge is 2.52. The average Bonchev–Trinajstić information content (AvgIpc) is 2.97. The van der Waals surface area contributed by atoms with Crippen LogP contribution in [0.1, 0.15) is 71.9 Å². The molecule has 2 aliphatic heterocycles. The van der Waals surface area contributed by atoms with Gasteiger partial charge in [0, 0.05) is 20.1 Å². The molecule has 2 aliphatic rings. The quantitative estimate of drug-likeness (QED) is 0.526. The molecule has 35 heavy (non-hydrogen) atoms. The first-order chi connectivity index (χ1) is 16.3. The number of carbonyl (C=O) groups is 2. The van der Waals surface area contributed by atoms with Crippen LogP contribution in [0.25, 0.3) is 0 Å². The number of hydrogen-bond acceptors (Lipinski definition) is 7. The Bertz CT molecular complexity index is 904. The van der Waals surface area contributed by atoms with E-state index in [-0.39, 0.29) is 25.2 Å². The lowest BCUT2D eigenvalue weighted by Crippen LogP contribution is -2.49. The molecular weight excluding hydrogens is 455 g/mol. The van der Waals surface area contributed by atoms with E-state index in [0.29, 0.717) is 12.2 Å². The predicted molar refractivity (Wildman–Crippen MR) is 127 cm³/mol. The molecule has 3 rings (SSSR count). The monoisotopic (exact) mass is 494 g/mol. The maximum atomic E-state index is 14.8. The Morgan fingerprint density at radius 3 is 2.49 bits per heavy atom. The summed E-state index contributed by atoms with van der Waals surface area (Å²) in [5.41, 5.74) is -0.0896. The van der Waals surface area contributed by atoms with Gasteiger partial charge in [0.25, 0.3) is 0 Å². The van der Waals surface area contributed by atoms with Crippen LogP contribution in [0.4, 0.5) is 9.18 Å². The number of ether oxygens (including phenoxy) is 3. The van der Waals surface area contributed by atoms with Crippen molar-refractivity contribution in [3.8, 4) is 0 Å². The van der Waals surface area contributed by atoms with E-state index in [9.17, 15) is 14.0 Å². The summed E-state index contributed by atoms with van der Waals surface area (Å²) in [6.07, 6.45) is 1.23. The minimum Gasteiger partial charge on any atom is -0.427 e. The Kier molecular flexibility index (Phi) is 8.44. The van der Waals surface area contributed by atoms with Gasteiger partial charge in [-0.15, -0.1) is 5.06 Å². The van der Waals surface area contributed by atoms with Gasteiger partial charge in [0.2, 0.25) is 5.91 Å². The lowest BCUT2D eigenvalue weighted by atomic mass is 9.92. The number of carbonyl (C=O) groups excluding carboxylic acids is 2. The molecule has 3 atom stereocenters. The van der Waals surface area contributed by atoms with Crippen LogP contribution in [0.3, 0.4) is 0 Å². The topological polar surface area (TPSA) is 77.5 Å². The fraction of sp³-hybridized carbons (Fsp3) is 0.692. The molecule has 1 unspecified atom stereocenters. The molecule has 2 fully saturated rings. The van der Waals surface area contributed by atoms with Gasteiger partial charge >= 0.3 is 6.16 Å². The Hall–Kier alpha value is -2.23. The second-order valence-corrected chi connectivity index (χ2v) is 11.4. The third-order valence-electron chi connectivity index (χ3n) is 5.99. The largest absolute Gasteiger partial charge is 0.528 e. The number of rotatable bonds is 6. The number of halogens is 1. The number of amides is 1. The number of hydroxylamine groups is 2. The van der Waals surface area contributed by atoms with Crippen LogP contribution in [-0.2, 0) is 36.9 Å². The van der Waals surface area contributed by atoms with Gasteiger partial charge in [-0.05, 0) is 62.6 Å². The van der Waals surface area contributed by atoms with Gasteiger partial charge in [0.05, 0.1) is 6.61 Å². The Morgan fingerprint density at radius 2 is 1.89 bits per heavy atom. The van der Waals surface area contributed by atoms with Crippen molar-refractivity contribution in [1.29, 1.82) is 0 Å². The summed E-state index contributed by atoms with van der Waals surface area (Å²) >= 11 is 0. The van der Waals surface area contributed by atoms with Gasteiger partial charge in [0.15, 0.2) is 6.29 Å². The highest BCUT2D eigenvalue weighted by Crippen LogP contribution is 2.36. The zero-order valence-corrected chi connectivity index (χ0v) is 21.9. The second kappa shape index (κ2) is 10.8. The van der Waals surface area contributed by atoms with Crippen molar-refractivity contribution in [2.45, 2.75) is 97.9 Å². The molecule has 8 nitrogen and oxygen atoms in total. The molecular formula is C26H39FN2O6. The smallest absolute Gasteiger partial charge is 0.427 e. The second-order valence-electron chi connectivity index (χ2n) is 11.4. The lowest BCUT2D eigenvalue weighted by Gasteiger charge is -2.37. The Balaban J connectivity index is 1.81. The average molecular weight is 495 g/mol. The standard InChI is InChI=1S/C26H39FN2O6/c1-25(2,3)23-28(7)22(30)20(29(23)35-24(31)34-26(4,5)6)15-18-14-17(11-12-19(18)27)16-33-21-10-8-9-13-32-21/h11-12,14,20-21,23H,8-10,13,15-16H2,1-7H3/t20-,21?,23-/m0/s1.